The van der Waals surface area contributed by atoms with Crippen molar-refractivity contribution < 1.29 is 4.79 Å². The first-order valence-corrected chi connectivity index (χ1v) is 4.97. The largest absolute Gasteiger partial charge is 0.291 e. The van der Waals surface area contributed by atoms with E-state index >= 15 is 0 Å². The lowest BCUT2D eigenvalue weighted by molar-refractivity contribution is 0.556. The lowest BCUT2D eigenvalue weighted by Gasteiger charge is -1.97. The summed E-state index contributed by atoms with van der Waals surface area (Å²) in [7, 11) is 0. The Balaban J connectivity index is 2.13. The summed E-state index contributed by atoms with van der Waals surface area (Å²) in [6.07, 6.45) is 9.47. The molecule has 0 fully saturated rings. The molecule has 0 atom stereocenters. The van der Waals surface area contributed by atoms with Crippen LogP contribution < -0.4 is 0 Å². The van der Waals surface area contributed by atoms with Crippen molar-refractivity contribution >= 4 is 6.29 Å². The average Bonchev–Trinajstić information content (AvgIpc) is 2.25. The van der Waals surface area contributed by atoms with Crippen molar-refractivity contribution in [2.24, 2.45) is 0 Å². The Bertz CT molecular complexity index is 275. The molecule has 1 aromatic carbocycles. The van der Waals surface area contributed by atoms with Crippen molar-refractivity contribution in [2.45, 2.75) is 25.7 Å². The fourth-order valence-electron chi connectivity index (χ4n) is 1.32. The summed E-state index contributed by atoms with van der Waals surface area (Å²) in [5, 5.41) is 0. The first-order chi connectivity index (χ1) is 6.93. The molecular weight excluding hydrogens is 172 g/mol. The average molecular weight is 187 g/mol. The number of aryl methyl sites for hydroxylation is 1. The molecule has 73 valence electrons. The second kappa shape index (κ2) is 7.07. The molecule has 0 saturated carbocycles. The number of carbonyl (C=O) groups excluding carboxylic acids is 1. The monoisotopic (exact) mass is 187 g/mol. The van der Waals surface area contributed by atoms with E-state index in [0.29, 0.717) is 6.42 Å². The highest BCUT2D eigenvalue weighted by molar-refractivity contribution is 5.52. The van der Waals surface area contributed by atoms with Gasteiger partial charge in [-0.1, -0.05) is 42.5 Å². The number of rotatable bonds is 6. The molecule has 1 heteroatoms. The van der Waals surface area contributed by atoms with Crippen LogP contribution in [0, 0.1) is 0 Å². The maximum atomic E-state index is 9.88. The van der Waals surface area contributed by atoms with Gasteiger partial charge in [-0.3, -0.25) is 4.79 Å². The van der Waals surface area contributed by atoms with Gasteiger partial charge in [0.1, 0.15) is 0 Å². The fraction of sp³-hybridized carbons (Fsp3) is 0.308. The van der Waals surface area contributed by atoms with Crippen molar-refractivity contribution in [3.05, 3.63) is 48.0 Å². The smallest absolute Gasteiger partial charge is 0.202 e. The van der Waals surface area contributed by atoms with Crippen molar-refractivity contribution in [1.29, 1.82) is 0 Å². The molecule has 0 aliphatic heterocycles. The summed E-state index contributed by atoms with van der Waals surface area (Å²) in [6.45, 7) is 0. The standard InChI is InChI=1S/C13H15O/c14-12-8-3-1-2-5-9-13-10-6-4-7-11-13/h1,3-4,6-7,10-11H,2,5,8-9H2. The van der Waals surface area contributed by atoms with Crippen LogP contribution in [0.2, 0.25) is 0 Å². The second-order valence-electron chi connectivity index (χ2n) is 3.20. The first-order valence-electron chi connectivity index (χ1n) is 4.97. The molecule has 1 nitrogen and oxygen atoms in total. The topological polar surface area (TPSA) is 17.1 Å². The van der Waals surface area contributed by atoms with E-state index in [0.717, 1.165) is 19.3 Å². The summed E-state index contributed by atoms with van der Waals surface area (Å²) in [5.41, 5.74) is 1.38. The summed E-state index contributed by atoms with van der Waals surface area (Å²) in [6, 6.07) is 10.4. The number of allylic oxidation sites excluding steroid dienone is 2. The van der Waals surface area contributed by atoms with Gasteiger partial charge < -0.3 is 0 Å². The zero-order chi connectivity index (χ0) is 10.1. The zero-order valence-electron chi connectivity index (χ0n) is 8.28. The molecule has 0 bridgehead atoms. The van der Waals surface area contributed by atoms with Crippen LogP contribution in [0.25, 0.3) is 0 Å². The molecule has 0 unspecified atom stereocenters. The van der Waals surface area contributed by atoms with Gasteiger partial charge in [0.2, 0.25) is 6.29 Å². The van der Waals surface area contributed by atoms with Crippen molar-refractivity contribution in [3.63, 3.8) is 0 Å². The number of hydrogen-bond acceptors (Lipinski definition) is 1. The molecule has 0 aromatic heterocycles. The van der Waals surface area contributed by atoms with Crippen molar-refractivity contribution in [3.8, 4) is 0 Å². The maximum absolute atomic E-state index is 9.88. The van der Waals surface area contributed by atoms with Crippen LogP contribution in [-0.4, -0.2) is 6.29 Å². The Labute approximate surface area is 85.5 Å². The maximum Gasteiger partial charge on any atom is 0.202 e. The molecular formula is C13H15O. The Morgan fingerprint density at radius 3 is 2.64 bits per heavy atom. The normalized spacial score (nSPS) is 10.6. The van der Waals surface area contributed by atoms with Crippen molar-refractivity contribution in [1.82, 2.24) is 0 Å². The predicted molar refractivity (Wildman–Crippen MR) is 58.8 cm³/mol. The molecule has 14 heavy (non-hydrogen) atoms. The van der Waals surface area contributed by atoms with E-state index in [-0.39, 0.29) is 0 Å². The zero-order valence-corrected chi connectivity index (χ0v) is 8.28. The van der Waals surface area contributed by atoms with Crippen LogP contribution in [0.1, 0.15) is 24.8 Å². The van der Waals surface area contributed by atoms with E-state index in [4.69, 9.17) is 0 Å². The fourth-order valence-corrected chi connectivity index (χ4v) is 1.32. The molecule has 1 aromatic rings. The van der Waals surface area contributed by atoms with E-state index in [9.17, 15) is 4.79 Å². The highest BCUT2D eigenvalue weighted by atomic mass is 16.1. The van der Waals surface area contributed by atoms with Crippen molar-refractivity contribution in [2.75, 3.05) is 0 Å². The van der Waals surface area contributed by atoms with Crippen LogP contribution in [0.5, 0.6) is 0 Å². The number of hydrogen-bond donors (Lipinski definition) is 0. The molecule has 0 spiro atoms. The van der Waals surface area contributed by atoms with Gasteiger partial charge in [-0.05, 0) is 24.8 Å². The highest BCUT2D eigenvalue weighted by Gasteiger charge is 1.89. The molecule has 1 radical (unpaired) electrons. The van der Waals surface area contributed by atoms with E-state index in [1.54, 1.807) is 0 Å². The van der Waals surface area contributed by atoms with E-state index < -0.39 is 0 Å². The summed E-state index contributed by atoms with van der Waals surface area (Å²) in [5.74, 6) is 0. The van der Waals surface area contributed by atoms with E-state index in [1.165, 1.54) is 5.56 Å². The Morgan fingerprint density at radius 2 is 1.93 bits per heavy atom. The van der Waals surface area contributed by atoms with Gasteiger partial charge in [-0.15, -0.1) is 0 Å². The lowest BCUT2D eigenvalue weighted by Crippen LogP contribution is -1.82. The number of benzene rings is 1. The minimum absolute atomic E-state index is 0.422. The minimum Gasteiger partial charge on any atom is -0.291 e. The Morgan fingerprint density at radius 1 is 1.14 bits per heavy atom. The third-order valence-corrected chi connectivity index (χ3v) is 2.05. The number of unbranched alkanes of at least 4 members (excludes halogenated alkanes) is 1. The third-order valence-electron chi connectivity index (χ3n) is 2.05. The Hall–Kier alpha value is -1.37. The molecule has 0 aliphatic rings. The van der Waals surface area contributed by atoms with Gasteiger partial charge in [-0.2, -0.15) is 0 Å². The third kappa shape index (κ3) is 4.61. The quantitative estimate of drug-likeness (QED) is 0.494. The minimum atomic E-state index is 0.422. The van der Waals surface area contributed by atoms with Gasteiger partial charge in [0.25, 0.3) is 0 Å². The SMILES string of the molecule is O=[C]CC=CCCCc1ccccc1. The van der Waals surface area contributed by atoms with E-state index in [1.807, 2.05) is 24.5 Å². The van der Waals surface area contributed by atoms with Crippen LogP contribution >= 0.6 is 0 Å². The first kappa shape index (κ1) is 10.7. The van der Waals surface area contributed by atoms with Gasteiger partial charge >= 0.3 is 0 Å². The molecule has 1 rings (SSSR count). The van der Waals surface area contributed by atoms with Crippen LogP contribution in [0.4, 0.5) is 0 Å². The van der Waals surface area contributed by atoms with Gasteiger partial charge in [0.05, 0.1) is 0 Å². The lowest BCUT2D eigenvalue weighted by atomic mass is 10.1. The predicted octanol–water partition coefficient (Wildman–Crippen LogP) is 3.07. The van der Waals surface area contributed by atoms with E-state index in [2.05, 4.69) is 24.3 Å². The summed E-state index contributed by atoms with van der Waals surface area (Å²) in [4.78, 5) is 9.88. The molecule has 0 amide bonds. The second-order valence-corrected chi connectivity index (χ2v) is 3.20. The Kier molecular flexibility index (Phi) is 5.41. The summed E-state index contributed by atoms with van der Waals surface area (Å²) < 4.78 is 0. The van der Waals surface area contributed by atoms with Crippen LogP contribution in [0.15, 0.2) is 42.5 Å². The van der Waals surface area contributed by atoms with Gasteiger partial charge in [0.15, 0.2) is 0 Å². The molecule has 0 saturated heterocycles. The highest BCUT2D eigenvalue weighted by Crippen LogP contribution is 2.04. The molecule has 0 aliphatic carbocycles. The van der Waals surface area contributed by atoms with Crippen LogP contribution in [-0.2, 0) is 11.2 Å². The molecule has 0 N–H and O–H groups in total. The van der Waals surface area contributed by atoms with Gasteiger partial charge in [-0.25, -0.2) is 0 Å². The molecule has 0 heterocycles. The summed E-state index contributed by atoms with van der Waals surface area (Å²) >= 11 is 0. The van der Waals surface area contributed by atoms with Crippen LogP contribution in [0.3, 0.4) is 0 Å². The van der Waals surface area contributed by atoms with Gasteiger partial charge in [0, 0.05) is 6.42 Å².